The van der Waals surface area contributed by atoms with Crippen LogP contribution in [-0.4, -0.2) is 30.1 Å². The molecule has 2 rings (SSSR count). The second-order valence-electron chi connectivity index (χ2n) is 4.19. The van der Waals surface area contributed by atoms with Crippen molar-refractivity contribution in [2.24, 2.45) is 0 Å². The summed E-state index contributed by atoms with van der Waals surface area (Å²) in [4.78, 5) is 13.3. The number of likely N-dealkylation sites (tertiary alicyclic amines) is 1. The van der Waals surface area contributed by atoms with Crippen LogP contribution in [0.2, 0.25) is 0 Å². The van der Waals surface area contributed by atoms with Gasteiger partial charge in [0.2, 0.25) is 0 Å². The van der Waals surface area contributed by atoms with Gasteiger partial charge < -0.3 is 4.90 Å². The summed E-state index contributed by atoms with van der Waals surface area (Å²) in [5.74, 6) is -2.54. The summed E-state index contributed by atoms with van der Waals surface area (Å²) in [6.45, 7) is 0.372. The molecule has 0 spiro atoms. The standard InChI is InChI=1S/C12H11BrF3NO/c13-8-1-2-9(15)10(11(8)16)12(18)17-5-3-7(14)4-6-17/h1-2,7H,3-6H2. The summed E-state index contributed by atoms with van der Waals surface area (Å²) < 4.78 is 40.3. The summed E-state index contributed by atoms with van der Waals surface area (Å²) >= 11 is 2.91. The van der Waals surface area contributed by atoms with Crippen molar-refractivity contribution in [2.45, 2.75) is 19.0 Å². The molecule has 0 aliphatic carbocycles. The van der Waals surface area contributed by atoms with Gasteiger partial charge >= 0.3 is 0 Å². The average molecular weight is 322 g/mol. The highest BCUT2D eigenvalue weighted by atomic mass is 79.9. The molecule has 0 bridgehead atoms. The Morgan fingerprint density at radius 3 is 2.50 bits per heavy atom. The molecule has 1 aromatic rings. The van der Waals surface area contributed by atoms with Crippen molar-refractivity contribution >= 4 is 21.8 Å². The highest BCUT2D eigenvalue weighted by molar-refractivity contribution is 9.10. The zero-order valence-corrected chi connectivity index (χ0v) is 11.0. The van der Waals surface area contributed by atoms with Crippen molar-refractivity contribution in [1.82, 2.24) is 4.90 Å². The zero-order chi connectivity index (χ0) is 13.3. The lowest BCUT2D eigenvalue weighted by Crippen LogP contribution is -2.39. The third-order valence-electron chi connectivity index (χ3n) is 2.97. The van der Waals surface area contributed by atoms with Gasteiger partial charge in [0.05, 0.1) is 4.47 Å². The van der Waals surface area contributed by atoms with Gasteiger partial charge in [-0.25, -0.2) is 13.2 Å². The zero-order valence-electron chi connectivity index (χ0n) is 9.43. The van der Waals surface area contributed by atoms with E-state index in [0.717, 1.165) is 6.07 Å². The summed E-state index contributed by atoms with van der Waals surface area (Å²) in [7, 11) is 0. The molecule has 6 heteroatoms. The van der Waals surface area contributed by atoms with Crippen molar-refractivity contribution < 1.29 is 18.0 Å². The molecular weight excluding hydrogens is 311 g/mol. The summed E-state index contributed by atoms with van der Waals surface area (Å²) in [6.07, 6.45) is -0.516. The Balaban J connectivity index is 2.26. The Morgan fingerprint density at radius 1 is 1.28 bits per heavy atom. The molecule has 2 nitrogen and oxygen atoms in total. The van der Waals surface area contributed by atoms with Crippen molar-refractivity contribution in [2.75, 3.05) is 13.1 Å². The van der Waals surface area contributed by atoms with E-state index < -0.39 is 29.3 Å². The van der Waals surface area contributed by atoms with Crippen LogP contribution in [0.4, 0.5) is 13.2 Å². The van der Waals surface area contributed by atoms with Gasteiger partial charge in [-0.3, -0.25) is 4.79 Å². The van der Waals surface area contributed by atoms with E-state index in [1.54, 1.807) is 0 Å². The number of halogens is 4. The van der Waals surface area contributed by atoms with Crippen LogP contribution in [0.1, 0.15) is 23.2 Å². The molecule has 1 aliphatic rings. The van der Waals surface area contributed by atoms with Crippen LogP contribution >= 0.6 is 15.9 Å². The first-order valence-electron chi connectivity index (χ1n) is 5.57. The van der Waals surface area contributed by atoms with Crippen molar-refractivity contribution in [3.63, 3.8) is 0 Å². The highest BCUT2D eigenvalue weighted by Crippen LogP contribution is 2.24. The Hall–Kier alpha value is -1.04. The van der Waals surface area contributed by atoms with Gasteiger partial charge in [0, 0.05) is 13.1 Å². The van der Waals surface area contributed by atoms with E-state index in [1.807, 2.05) is 0 Å². The quantitative estimate of drug-likeness (QED) is 0.727. The molecule has 0 atom stereocenters. The van der Waals surface area contributed by atoms with Crippen LogP contribution in [0.15, 0.2) is 16.6 Å². The summed E-state index contributed by atoms with van der Waals surface area (Å²) in [6, 6.07) is 2.23. The van der Waals surface area contributed by atoms with Crippen LogP contribution in [0.3, 0.4) is 0 Å². The molecule has 0 N–H and O–H groups in total. The summed E-state index contributed by atoms with van der Waals surface area (Å²) in [5.41, 5.74) is -0.582. The average Bonchev–Trinajstić information content (AvgIpc) is 2.35. The molecule has 0 radical (unpaired) electrons. The van der Waals surface area contributed by atoms with Crippen LogP contribution in [0, 0.1) is 11.6 Å². The van der Waals surface area contributed by atoms with E-state index >= 15 is 0 Å². The van der Waals surface area contributed by atoms with E-state index in [1.165, 1.54) is 11.0 Å². The molecule has 1 amide bonds. The van der Waals surface area contributed by atoms with E-state index in [9.17, 15) is 18.0 Å². The predicted octanol–water partition coefficient (Wildman–Crippen LogP) is 3.30. The molecule has 98 valence electrons. The van der Waals surface area contributed by atoms with Crippen molar-refractivity contribution in [3.8, 4) is 0 Å². The first kappa shape index (κ1) is 13.4. The number of alkyl halides is 1. The lowest BCUT2D eigenvalue weighted by molar-refractivity contribution is 0.0657. The third-order valence-corrected chi connectivity index (χ3v) is 3.58. The second-order valence-corrected chi connectivity index (χ2v) is 5.04. The molecule has 1 aromatic carbocycles. The van der Waals surface area contributed by atoms with Crippen LogP contribution in [0.5, 0.6) is 0 Å². The molecule has 1 saturated heterocycles. The maximum atomic E-state index is 13.7. The molecule has 0 unspecified atom stereocenters. The van der Waals surface area contributed by atoms with Gasteiger partial charge in [-0.2, -0.15) is 0 Å². The van der Waals surface area contributed by atoms with Gasteiger partial charge in [0.15, 0.2) is 5.82 Å². The normalized spacial score (nSPS) is 17.0. The van der Waals surface area contributed by atoms with Gasteiger partial charge in [-0.15, -0.1) is 0 Å². The Bertz CT molecular complexity index is 473. The fraction of sp³-hybridized carbons (Fsp3) is 0.417. The maximum absolute atomic E-state index is 13.7. The van der Waals surface area contributed by atoms with Crippen molar-refractivity contribution in [3.05, 3.63) is 33.8 Å². The number of nitrogens with zero attached hydrogens (tertiary/aromatic N) is 1. The SMILES string of the molecule is O=C(c1c(F)ccc(Br)c1F)N1CCC(F)CC1. The van der Waals surface area contributed by atoms with E-state index in [4.69, 9.17) is 0 Å². The number of piperidine rings is 1. The predicted molar refractivity (Wildman–Crippen MR) is 64.1 cm³/mol. The first-order valence-corrected chi connectivity index (χ1v) is 6.37. The van der Waals surface area contributed by atoms with Gasteiger partial charge in [-0.05, 0) is 40.9 Å². The molecule has 1 fully saturated rings. The fourth-order valence-electron chi connectivity index (χ4n) is 1.93. The number of carbonyl (C=O) groups is 1. The Morgan fingerprint density at radius 2 is 1.89 bits per heavy atom. The number of rotatable bonds is 1. The molecule has 0 aromatic heterocycles. The smallest absolute Gasteiger partial charge is 0.259 e. The van der Waals surface area contributed by atoms with Crippen LogP contribution < -0.4 is 0 Å². The van der Waals surface area contributed by atoms with Crippen LogP contribution in [0.25, 0.3) is 0 Å². The van der Waals surface area contributed by atoms with E-state index in [0.29, 0.717) is 0 Å². The molecular formula is C12H11BrF3NO. The summed E-state index contributed by atoms with van der Waals surface area (Å²) in [5, 5.41) is 0. The van der Waals surface area contributed by atoms with Crippen molar-refractivity contribution in [1.29, 1.82) is 0 Å². The number of hydrogen-bond acceptors (Lipinski definition) is 1. The minimum Gasteiger partial charge on any atom is -0.338 e. The number of hydrogen-bond donors (Lipinski definition) is 0. The number of amides is 1. The Kier molecular flexibility index (Phi) is 3.94. The fourth-order valence-corrected chi connectivity index (χ4v) is 2.26. The van der Waals surface area contributed by atoms with Gasteiger partial charge in [0.1, 0.15) is 17.6 Å². The second kappa shape index (κ2) is 5.30. The minimum absolute atomic E-state index is 0.0348. The lowest BCUT2D eigenvalue weighted by Gasteiger charge is -2.29. The lowest BCUT2D eigenvalue weighted by atomic mass is 10.1. The maximum Gasteiger partial charge on any atom is 0.259 e. The number of carbonyl (C=O) groups excluding carboxylic acids is 1. The van der Waals surface area contributed by atoms with Gasteiger partial charge in [0.25, 0.3) is 5.91 Å². The third kappa shape index (κ3) is 2.53. The van der Waals surface area contributed by atoms with E-state index in [2.05, 4.69) is 15.9 Å². The van der Waals surface area contributed by atoms with Crippen LogP contribution in [-0.2, 0) is 0 Å². The minimum atomic E-state index is -0.939. The largest absolute Gasteiger partial charge is 0.338 e. The van der Waals surface area contributed by atoms with Gasteiger partial charge in [-0.1, -0.05) is 0 Å². The molecule has 1 aliphatic heterocycles. The van der Waals surface area contributed by atoms with E-state index in [-0.39, 0.29) is 30.4 Å². The highest BCUT2D eigenvalue weighted by Gasteiger charge is 2.28. The molecule has 1 heterocycles. The molecule has 18 heavy (non-hydrogen) atoms. The first-order chi connectivity index (χ1) is 8.50. The molecule has 0 saturated carbocycles. The number of benzene rings is 1. The topological polar surface area (TPSA) is 20.3 Å². The monoisotopic (exact) mass is 321 g/mol. The Labute approximate surface area is 111 Å².